The first kappa shape index (κ1) is 28.3. The van der Waals surface area contributed by atoms with E-state index in [1.54, 1.807) is 47.4 Å². The number of ether oxygens (including phenoxy) is 1. The average Bonchev–Trinajstić information content (AvgIpc) is 2.92. The quantitative estimate of drug-likeness (QED) is 0.281. The van der Waals surface area contributed by atoms with Crippen molar-refractivity contribution in [2.45, 2.75) is 57.2 Å². The average molecular weight is 574 g/mol. The Morgan fingerprint density at radius 1 is 0.895 bits per heavy atom. The number of hydrogen-bond donors (Lipinski definition) is 1. The van der Waals surface area contributed by atoms with Crippen LogP contribution in [0.5, 0.6) is 5.75 Å². The van der Waals surface area contributed by atoms with Crippen LogP contribution in [0.15, 0.2) is 72.8 Å². The number of carbonyl (C=O) groups is 2. The van der Waals surface area contributed by atoms with Crippen molar-refractivity contribution in [3.05, 3.63) is 99.0 Å². The van der Waals surface area contributed by atoms with Crippen LogP contribution in [0.2, 0.25) is 15.1 Å². The molecule has 0 aliphatic heterocycles. The van der Waals surface area contributed by atoms with E-state index in [1.807, 2.05) is 30.3 Å². The van der Waals surface area contributed by atoms with Crippen LogP contribution >= 0.6 is 34.8 Å². The molecule has 3 aromatic rings. The van der Waals surface area contributed by atoms with E-state index in [2.05, 4.69) is 5.32 Å². The summed E-state index contributed by atoms with van der Waals surface area (Å²) in [7, 11) is 0. The van der Waals surface area contributed by atoms with Gasteiger partial charge in [-0.1, -0.05) is 90.5 Å². The first-order chi connectivity index (χ1) is 18.4. The number of carbonyl (C=O) groups excluding carboxylic acids is 2. The number of halogens is 3. The smallest absolute Gasteiger partial charge is 0.261 e. The lowest BCUT2D eigenvalue weighted by Gasteiger charge is -2.33. The Balaban J connectivity index is 1.62. The van der Waals surface area contributed by atoms with Crippen molar-refractivity contribution in [1.29, 1.82) is 0 Å². The Hall–Kier alpha value is -2.73. The van der Waals surface area contributed by atoms with Gasteiger partial charge in [-0.25, -0.2) is 0 Å². The topological polar surface area (TPSA) is 58.6 Å². The fourth-order valence-corrected chi connectivity index (χ4v) is 5.28. The lowest BCUT2D eigenvalue weighted by Crippen LogP contribution is -2.53. The van der Waals surface area contributed by atoms with E-state index in [9.17, 15) is 9.59 Å². The predicted octanol–water partition coefficient (Wildman–Crippen LogP) is 7.11. The van der Waals surface area contributed by atoms with Gasteiger partial charge in [0.05, 0.1) is 0 Å². The van der Waals surface area contributed by atoms with Crippen LogP contribution in [-0.2, 0) is 22.6 Å². The second-order valence-corrected chi connectivity index (χ2v) is 10.8. The zero-order valence-electron chi connectivity index (χ0n) is 21.0. The largest absolute Gasteiger partial charge is 0.484 e. The first-order valence-electron chi connectivity index (χ1n) is 12.8. The summed E-state index contributed by atoms with van der Waals surface area (Å²) < 4.78 is 5.79. The maximum atomic E-state index is 13.8. The third-order valence-electron chi connectivity index (χ3n) is 6.75. The van der Waals surface area contributed by atoms with E-state index in [0.717, 1.165) is 31.2 Å². The monoisotopic (exact) mass is 572 g/mol. The molecule has 8 heteroatoms. The number of benzene rings is 3. The minimum Gasteiger partial charge on any atom is -0.484 e. The van der Waals surface area contributed by atoms with Crippen molar-refractivity contribution in [2.24, 2.45) is 0 Å². The van der Waals surface area contributed by atoms with E-state index in [4.69, 9.17) is 39.5 Å². The van der Waals surface area contributed by atoms with E-state index in [1.165, 1.54) is 6.42 Å². The highest BCUT2D eigenvalue weighted by Gasteiger charge is 2.32. The summed E-state index contributed by atoms with van der Waals surface area (Å²) in [6, 6.07) is 21.0. The van der Waals surface area contributed by atoms with Crippen LogP contribution in [0.4, 0.5) is 0 Å². The fraction of sp³-hybridized carbons (Fsp3) is 0.333. The van der Waals surface area contributed by atoms with Gasteiger partial charge in [0, 0.05) is 34.1 Å². The number of amides is 2. The van der Waals surface area contributed by atoms with Crippen molar-refractivity contribution < 1.29 is 14.3 Å². The maximum absolute atomic E-state index is 13.8. The van der Waals surface area contributed by atoms with Gasteiger partial charge in [0.2, 0.25) is 5.91 Å². The molecule has 200 valence electrons. The Morgan fingerprint density at radius 2 is 1.58 bits per heavy atom. The molecule has 0 bridgehead atoms. The molecule has 0 aromatic heterocycles. The third-order valence-corrected chi connectivity index (χ3v) is 7.59. The minimum absolute atomic E-state index is 0.107. The van der Waals surface area contributed by atoms with Gasteiger partial charge in [-0.15, -0.1) is 0 Å². The highest BCUT2D eigenvalue weighted by atomic mass is 35.5. The van der Waals surface area contributed by atoms with Crippen molar-refractivity contribution in [3.63, 3.8) is 0 Å². The fourth-order valence-electron chi connectivity index (χ4n) is 4.69. The van der Waals surface area contributed by atoms with Crippen LogP contribution in [0, 0.1) is 0 Å². The molecule has 0 saturated heterocycles. The molecule has 0 spiro atoms. The van der Waals surface area contributed by atoms with Crippen molar-refractivity contribution in [3.8, 4) is 5.75 Å². The third kappa shape index (κ3) is 8.13. The van der Waals surface area contributed by atoms with E-state index >= 15 is 0 Å². The van der Waals surface area contributed by atoms with Crippen molar-refractivity contribution in [1.82, 2.24) is 10.2 Å². The Labute approximate surface area is 239 Å². The first-order valence-corrected chi connectivity index (χ1v) is 14.0. The van der Waals surface area contributed by atoms with Crippen molar-refractivity contribution in [2.75, 3.05) is 6.61 Å². The van der Waals surface area contributed by atoms with Crippen LogP contribution in [0.1, 0.15) is 43.2 Å². The summed E-state index contributed by atoms with van der Waals surface area (Å²) in [6.45, 7) is -0.108. The van der Waals surface area contributed by atoms with E-state index < -0.39 is 6.04 Å². The summed E-state index contributed by atoms with van der Waals surface area (Å²) >= 11 is 18.6. The molecule has 1 N–H and O–H groups in total. The maximum Gasteiger partial charge on any atom is 0.261 e. The molecule has 1 aliphatic rings. The summed E-state index contributed by atoms with van der Waals surface area (Å²) in [6.07, 6.45) is 5.61. The molecule has 2 amide bonds. The SMILES string of the molecule is O=C(NC1CCCCC1)[C@H](Cc1ccccc1)N(Cc1ccc(Cl)cc1Cl)C(=O)COc1ccc(Cl)cc1. The van der Waals surface area contributed by atoms with Crippen LogP contribution < -0.4 is 10.1 Å². The summed E-state index contributed by atoms with van der Waals surface area (Å²) in [5.41, 5.74) is 1.65. The second kappa shape index (κ2) is 13.9. The lowest BCUT2D eigenvalue weighted by molar-refractivity contribution is -0.143. The van der Waals surface area contributed by atoms with Gasteiger partial charge in [0.25, 0.3) is 5.91 Å². The molecular weight excluding hydrogens is 543 g/mol. The van der Waals surface area contributed by atoms with Gasteiger partial charge in [0.1, 0.15) is 11.8 Å². The van der Waals surface area contributed by atoms with Crippen LogP contribution in [-0.4, -0.2) is 35.4 Å². The number of nitrogens with zero attached hydrogens (tertiary/aromatic N) is 1. The zero-order valence-corrected chi connectivity index (χ0v) is 23.3. The molecule has 5 nitrogen and oxygen atoms in total. The van der Waals surface area contributed by atoms with Crippen LogP contribution in [0.25, 0.3) is 0 Å². The number of hydrogen-bond acceptors (Lipinski definition) is 3. The highest BCUT2D eigenvalue weighted by molar-refractivity contribution is 6.35. The van der Waals surface area contributed by atoms with Gasteiger partial charge in [-0.05, 0) is 60.4 Å². The molecule has 1 fully saturated rings. The molecule has 38 heavy (non-hydrogen) atoms. The number of nitrogens with one attached hydrogen (secondary N) is 1. The van der Waals surface area contributed by atoms with Crippen LogP contribution in [0.3, 0.4) is 0 Å². The van der Waals surface area contributed by atoms with Crippen molar-refractivity contribution >= 4 is 46.6 Å². The Bertz CT molecular complexity index is 1220. The Morgan fingerprint density at radius 3 is 2.26 bits per heavy atom. The second-order valence-electron chi connectivity index (χ2n) is 9.55. The molecule has 1 atom stereocenters. The normalized spacial score (nSPS) is 14.5. The van der Waals surface area contributed by atoms with Gasteiger partial charge in [0.15, 0.2) is 6.61 Å². The summed E-state index contributed by atoms with van der Waals surface area (Å²) in [5, 5.41) is 4.73. The molecular formula is C30H31Cl3N2O3. The van der Waals surface area contributed by atoms with Gasteiger partial charge in [-0.3, -0.25) is 9.59 Å². The standard InChI is InChI=1S/C30H31Cl3N2O3/c31-23-13-15-26(16-14-23)38-20-29(36)35(19-22-11-12-24(32)18-27(22)33)28(17-21-7-3-1-4-8-21)30(37)34-25-9-5-2-6-10-25/h1,3-4,7-8,11-16,18,25,28H,2,5-6,9-10,17,19-20H2,(H,34,37)/t28-/m0/s1. The zero-order chi connectivity index (χ0) is 26.9. The van der Waals surface area contributed by atoms with E-state index in [-0.39, 0.29) is 31.0 Å². The molecule has 1 aliphatic carbocycles. The molecule has 0 heterocycles. The van der Waals surface area contributed by atoms with E-state index in [0.29, 0.717) is 32.8 Å². The number of rotatable bonds is 10. The molecule has 3 aromatic carbocycles. The highest BCUT2D eigenvalue weighted by Crippen LogP contribution is 2.25. The summed E-state index contributed by atoms with van der Waals surface area (Å²) in [5.74, 6) is 0.00913. The molecule has 4 rings (SSSR count). The van der Waals surface area contributed by atoms with Gasteiger partial charge in [-0.2, -0.15) is 0 Å². The van der Waals surface area contributed by atoms with Gasteiger partial charge >= 0.3 is 0 Å². The minimum atomic E-state index is -0.757. The molecule has 0 unspecified atom stereocenters. The Kier molecular flexibility index (Phi) is 10.3. The summed E-state index contributed by atoms with van der Waals surface area (Å²) in [4.78, 5) is 29.1. The van der Waals surface area contributed by atoms with Gasteiger partial charge < -0.3 is 15.0 Å². The molecule has 1 saturated carbocycles. The molecule has 0 radical (unpaired) electrons. The predicted molar refractivity (Wildman–Crippen MR) is 153 cm³/mol. The lowest BCUT2D eigenvalue weighted by atomic mass is 9.94.